The van der Waals surface area contributed by atoms with Crippen LogP contribution in [0.15, 0.2) is 103 Å². The Hall–Kier alpha value is -4.32. The molecule has 0 bridgehead atoms. The van der Waals surface area contributed by atoms with Gasteiger partial charge in [-0.25, -0.2) is 14.6 Å². The molecule has 0 spiro atoms. The maximum absolute atomic E-state index is 6.52. The molecule has 2 atom stereocenters. The number of hydrogen-bond donors (Lipinski definition) is 1. The minimum absolute atomic E-state index is 0.228. The summed E-state index contributed by atoms with van der Waals surface area (Å²) in [4.78, 5) is 13.3. The minimum atomic E-state index is -0.946. The van der Waals surface area contributed by atoms with Crippen LogP contribution in [0.3, 0.4) is 0 Å². The number of rotatable bonds is 10. The number of anilines is 2. The van der Waals surface area contributed by atoms with Crippen LogP contribution in [0.4, 0.5) is 11.4 Å². The summed E-state index contributed by atoms with van der Waals surface area (Å²) < 4.78 is 22.9. The highest BCUT2D eigenvalue weighted by atomic mass is 32.1. The molecule has 10 nitrogen and oxygen atoms in total. The van der Waals surface area contributed by atoms with Crippen molar-refractivity contribution >= 4 is 24.0 Å². The lowest BCUT2D eigenvalue weighted by Crippen LogP contribution is -2.46. The Morgan fingerprint density at radius 1 is 0.911 bits per heavy atom. The van der Waals surface area contributed by atoms with Crippen LogP contribution in [-0.2, 0) is 28.2 Å². The number of nitrogens with zero attached hydrogens (tertiary/aromatic N) is 7. The molecule has 3 aromatic carbocycles. The van der Waals surface area contributed by atoms with Gasteiger partial charge in [0, 0.05) is 66.8 Å². The van der Waals surface area contributed by atoms with Gasteiger partial charge in [-0.15, -0.1) is 12.6 Å². The van der Waals surface area contributed by atoms with Gasteiger partial charge in [0.2, 0.25) is 5.79 Å². The Balaban J connectivity index is 0.950. The lowest BCUT2D eigenvalue weighted by molar-refractivity contribution is -0.190. The molecule has 5 aromatic rings. The SMILES string of the molecule is CCc1cnc(S)n1-c1ccc(N2CCN(c3cccc(OC[C@@H]4CO[C@@](Cn5cncn5)(c5ccccc5)O4)c3)CC2)cc1. The molecule has 0 N–H and O–H groups in total. The molecule has 232 valence electrons. The van der Waals surface area contributed by atoms with Gasteiger partial charge in [-0.1, -0.05) is 43.3 Å². The zero-order valence-electron chi connectivity index (χ0n) is 25.3. The van der Waals surface area contributed by atoms with Crippen molar-refractivity contribution in [1.82, 2.24) is 24.3 Å². The van der Waals surface area contributed by atoms with Gasteiger partial charge in [0.25, 0.3) is 0 Å². The normalized spacial score (nSPS) is 20.1. The summed E-state index contributed by atoms with van der Waals surface area (Å²) >= 11 is 4.54. The molecule has 4 heterocycles. The fourth-order valence-electron chi connectivity index (χ4n) is 6.09. The molecule has 0 radical (unpaired) electrons. The Labute approximate surface area is 268 Å². The highest BCUT2D eigenvalue weighted by Crippen LogP contribution is 2.36. The maximum Gasteiger partial charge on any atom is 0.215 e. The second-order valence-corrected chi connectivity index (χ2v) is 11.7. The number of imidazole rings is 1. The lowest BCUT2D eigenvalue weighted by atomic mass is 10.1. The molecule has 0 aliphatic carbocycles. The van der Waals surface area contributed by atoms with E-state index >= 15 is 0 Å². The summed E-state index contributed by atoms with van der Waals surface area (Å²) in [5.41, 5.74) is 5.56. The van der Waals surface area contributed by atoms with Crippen LogP contribution < -0.4 is 14.5 Å². The summed E-state index contributed by atoms with van der Waals surface area (Å²) in [7, 11) is 0. The van der Waals surface area contributed by atoms with E-state index < -0.39 is 5.79 Å². The van der Waals surface area contributed by atoms with E-state index in [1.54, 1.807) is 11.0 Å². The number of thiol groups is 1. The predicted octanol–water partition coefficient (Wildman–Crippen LogP) is 4.99. The van der Waals surface area contributed by atoms with Crippen LogP contribution in [0, 0.1) is 0 Å². The minimum Gasteiger partial charge on any atom is -0.491 e. The van der Waals surface area contributed by atoms with Crippen molar-refractivity contribution < 1.29 is 14.2 Å². The molecular weight excluding hydrogens is 586 g/mol. The Morgan fingerprint density at radius 2 is 1.67 bits per heavy atom. The molecule has 0 amide bonds. The second kappa shape index (κ2) is 13.0. The summed E-state index contributed by atoms with van der Waals surface area (Å²) in [6, 6.07) is 27.0. The van der Waals surface area contributed by atoms with Gasteiger partial charge < -0.3 is 24.0 Å². The lowest BCUT2D eigenvalue weighted by Gasteiger charge is -2.37. The summed E-state index contributed by atoms with van der Waals surface area (Å²) in [6.07, 6.45) is 5.76. The van der Waals surface area contributed by atoms with Crippen molar-refractivity contribution in [2.45, 2.75) is 36.9 Å². The van der Waals surface area contributed by atoms with Crippen LogP contribution in [0.5, 0.6) is 5.75 Å². The summed E-state index contributed by atoms with van der Waals surface area (Å²) in [6.45, 7) is 7.07. The number of piperazine rings is 1. The molecule has 45 heavy (non-hydrogen) atoms. The van der Waals surface area contributed by atoms with Crippen molar-refractivity contribution in [3.63, 3.8) is 0 Å². The average Bonchev–Trinajstić information content (AvgIpc) is 3.85. The van der Waals surface area contributed by atoms with Gasteiger partial charge in [-0.2, -0.15) is 5.10 Å². The maximum atomic E-state index is 6.52. The third kappa shape index (κ3) is 6.28. The van der Waals surface area contributed by atoms with Gasteiger partial charge in [0.05, 0.1) is 6.61 Å². The highest BCUT2D eigenvalue weighted by Gasteiger charge is 2.44. The van der Waals surface area contributed by atoms with Gasteiger partial charge >= 0.3 is 0 Å². The van der Waals surface area contributed by atoms with Crippen LogP contribution in [0.25, 0.3) is 5.69 Å². The largest absolute Gasteiger partial charge is 0.491 e. The summed E-state index contributed by atoms with van der Waals surface area (Å²) in [5.74, 6) is -0.129. The van der Waals surface area contributed by atoms with E-state index in [2.05, 4.69) is 91.5 Å². The molecule has 11 heteroatoms. The number of hydrogen-bond acceptors (Lipinski definition) is 9. The van der Waals surface area contributed by atoms with E-state index in [-0.39, 0.29) is 6.10 Å². The smallest absolute Gasteiger partial charge is 0.215 e. The van der Waals surface area contributed by atoms with E-state index in [1.165, 1.54) is 12.0 Å². The van der Waals surface area contributed by atoms with Crippen molar-refractivity contribution in [2.75, 3.05) is 49.2 Å². The predicted molar refractivity (Wildman–Crippen MR) is 176 cm³/mol. The number of aromatic nitrogens is 5. The monoisotopic (exact) mass is 623 g/mol. The zero-order valence-corrected chi connectivity index (χ0v) is 26.2. The van der Waals surface area contributed by atoms with E-state index in [1.807, 2.05) is 42.6 Å². The topological polar surface area (TPSA) is 82.7 Å². The van der Waals surface area contributed by atoms with E-state index in [9.17, 15) is 0 Å². The first-order chi connectivity index (χ1) is 22.1. The standard InChI is InChI=1S/C34H37N7O3S/c1-2-27-20-36-33(45)41(27)29-13-11-28(12-14-29)38-15-17-39(18-16-38)30-9-6-10-31(19-30)42-21-32-22-43-34(44-32,23-40-25-35-24-37-40)26-7-4-3-5-8-26/h3-14,19-20,24-25,32H,2,15-18,21-23H2,1H3,(H,36,45)/t32-,34-/m1/s1. The van der Waals surface area contributed by atoms with Gasteiger partial charge in [-0.3, -0.25) is 4.57 Å². The third-order valence-corrected chi connectivity index (χ3v) is 8.78. The average molecular weight is 624 g/mol. The first kappa shape index (κ1) is 29.4. The summed E-state index contributed by atoms with van der Waals surface area (Å²) in [5, 5.41) is 4.98. The van der Waals surface area contributed by atoms with Crippen molar-refractivity contribution in [1.29, 1.82) is 0 Å². The molecule has 2 aromatic heterocycles. The zero-order chi connectivity index (χ0) is 30.6. The number of benzene rings is 3. The molecule has 2 aliphatic rings. The van der Waals surface area contributed by atoms with Crippen LogP contribution in [-0.4, -0.2) is 69.8 Å². The van der Waals surface area contributed by atoms with E-state index in [0.717, 1.165) is 61.0 Å². The van der Waals surface area contributed by atoms with Gasteiger partial charge in [0.1, 0.15) is 37.7 Å². The molecule has 2 aliphatic heterocycles. The Kier molecular flexibility index (Phi) is 8.47. The molecule has 2 saturated heterocycles. The van der Waals surface area contributed by atoms with Crippen molar-refractivity contribution in [2.24, 2.45) is 0 Å². The fourth-order valence-corrected chi connectivity index (χ4v) is 6.40. The Bertz CT molecular complexity index is 1690. The van der Waals surface area contributed by atoms with Gasteiger partial charge in [-0.05, 0) is 42.8 Å². The molecule has 0 saturated carbocycles. The fraction of sp³-hybridized carbons (Fsp3) is 0.324. The highest BCUT2D eigenvalue weighted by molar-refractivity contribution is 7.80. The first-order valence-electron chi connectivity index (χ1n) is 15.4. The third-order valence-electron chi connectivity index (χ3n) is 8.46. The van der Waals surface area contributed by atoms with E-state index in [0.29, 0.717) is 24.9 Å². The second-order valence-electron chi connectivity index (χ2n) is 11.3. The van der Waals surface area contributed by atoms with Crippen LogP contribution in [0.1, 0.15) is 18.2 Å². The molecule has 2 fully saturated rings. The Morgan fingerprint density at radius 3 is 2.40 bits per heavy atom. The van der Waals surface area contributed by atoms with Crippen molar-refractivity contribution in [3.05, 3.63) is 109 Å². The molecule has 0 unspecified atom stereocenters. The van der Waals surface area contributed by atoms with Crippen LogP contribution >= 0.6 is 12.6 Å². The van der Waals surface area contributed by atoms with Gasteiger partial charge in [0.15, 0.2) is 5.16 Å². The van der Waals surface area contributed by atoms with Crippen LogP contribution in [0.2, 0.25) is 0 Å². The van der Waals surface area contributed by atoms with Crippen molar-refractivity contribution in [3.8, 4) is 11.4 Å². The number of aryl methyl sites for hydroxylation is 1. The quantitative estimate of drug-likeness (QED) is 0.218. The number of ether oxygens (including phenoxy) is 3. The molecule has 7 rings (SSSR count). The molecular formula is C34H37N7O3S. The van der Waals surface area contributed by atoms with E-state index in [4.69, 9.17) is 14.2 Å². The first-order valence-corrected chi connectivity index (χ1v) is 15.8.